The molecule has 0 aliphatic rings. The molecule has 0 N–H and O–H groups in total. The van der Waals surface area contributed by atoms with Crippen molar-refractivity contribution in [2.45, 2.75) is 31.1 Å². The van der Waals surface area contributed by atoms with Crippen LogP contribution < -0.4 is 0 Å². The molecule has 1 atom stereocenters. The lowest BCUT2D eigenvalue weighted by Crippen LogP contribution is -1.95. The Balaban J connectivity index is 2.80. The van der Waals surface area contributed by atoms with Crippen LogP contribution in [0.5, 0.6) is 0 Å². The van der Waals surface area contributed by atoms with Crippen molar-refractivity contribution in [2.75, 3.05) is 0 Å². The van der Waals surface area contributed by atoms with Crippen molar-refractivity contribution in [3.63, 3.8) is 0 Å². The van der Waals surface area contributed by atoms with Crippen LogP contribution in [0.1, 0.15) is 26.2 Å². The monoisotopic (exact) mass is 220 g/mol. The largest absolute Gasteiger partial charge is 0.249 e. The van der Waals surface area contributed by atoms with Crippen LogP contribution in [-0.4, -0.2) is 4.21 Å². The lowest BCUT2D eigenvalue weighted by molar-refractivity contribution is 0.683. The molecule has 1 unspecified atom stereocenters. The molecule has 0 fully saturated rings. The Morgan fingerprint density at radius 2 is 2.07 bits per heavy atom. The molecule has 80 valence electrons. The van der Waals surface area contributed by atoms with Crippen molar-refractivity contribution in [1.29, 1.82) is 0 Å². The summed E-state index contributed by atoms with van der Waals surface area (Å²) in [5.74, 6) is 0. The Bertz CT molecular complexity index is 375. The van der Waals surface area contributed by atoms with Crippen molar-refractivity contribution in [3.05, 3.63) is 47.5 Å². The minimum absolute atomic E-state index is 0.808. The summed E-state index contributed by atoms with van der Waals surface area (Å²) in [5.41, 5.74) is 2.80. The first kappa shape index (κ1) is 12.0. The van der Waals surface area contributed by atoms with E-state index in [-0.39, 0.29) is 0 Å². The van der Waals surface area contributed by atoms with Crippen LogP contribution in [-0.2, 0) is 10.8 Å². The van der Waals surface area contributed by atoms with Crippen molar-refractivity contribution in [3.8, 4) is 0 Å². The maximum absolute atomic E-state index is 12.1. The number of hydrogen-bond donors (Lipinski definition) is 0. The molecule has 0 aromatic heterocycles. The maximum Gasteiger partial charge on any atom is 0.0886 e. The van der Waals surface area contributed by atoms with E-state index >= 15 is 0 Å². The number of rotatable bonds is 5. The molecule has 0 saturated carbocycles. The summed E-state index contributed by atoms with van der Waals surface area (Å²) in [6, 6.07) is 9.46. The van der Waals surface area contributed by atoms with Gasteiger partial charge in [0.1, 0.15) is 0 Å². The quantitative estimate of drug-likeness (QED) is 0.692. The van der Waals surface area contributed by atoms with Crippen molar-refractivity contribution in [1.82, 2.24) is 0 Å². The molecule has 2 heteroatoms. The third kappa shape index (κ3) is 3.50. The van der Waals surface area contributed by atoms with E-state index < -0.39 is 10.8 Å². The highest BCUT2D eigenvalue weighted by Gasteiger charge is 2.08. The third-order valence-electron chi connectivity index (χ3n) is 2.14. The summed E-state index contributed by atoms with van der Waals surface area (Å²) in [6.45, 7) is 5.72. The molecule has 1 aromatic rings. The van der Waals surface area contributed by atoms with Crippen molar-refractivity contribution in [2.24, 2.45) is 0 Å². The van der Waals surface area contributed by atoms with Crippen LogP contribution in [0.2, 0.25) is 0 Å². The second-order valence-electron chi connectivity index (χ2n) is 3.29. The summed E-state index contributed by atoms with van der Waals surface area (Å²) in [7, 11) is -1.08. The van der Waals surface area contributed by atoms with E-state index in [0.29, 0.717) is 0 Å². The zero-order valence-electron chi connectivity index (χ0n) is 9.03. The Morgan fingerprint density at radius 3 is 2.60 bits per heavy atom. The Kier molecular flexibility index (Phi) is 5.09. The zero-order chi connectivity index (χ0) is 11.1. The van der Waals surface area contributed by atoms with Gasteiger partial charge in [0, 0.05) is 4.90 Å². The van der Waals surface area contributed by atoms with Crippen LogP contribution in [0.15, 0.2) is 52.4 Å². The molecule has 1 nitrogen and oxygen atoms in total. The van der Waals surface area contributed by atoms with Gasteiger partial charge in [-0.1, -0.05) is 38.1 Å². The van der Waals surface area contributed by atoms with E-state index in [9.17, 15) is 4.21 Å². The normalized spacial score (nSPS) is 11.8. The van der Waals surface area contributed by atoms with Gasteiger partial charge in [0.05, 0.1) is 15.7 Å². The number of benzene rings is 1. The van der Waals surface area contributed by atoms with Gasteiger partial charge in [0.2, 0.25) is 0 Å². The molecule has 0 saturated heterocycles. The van der Waals surface area contributed by atoms with Crippen LogP contribution in [0, 0.1) is 0 Å². The molecule has 0 heterocycles. The standard InChI is InChI=1S/C13H16OS/c1-3-5-9-12(4-2)15(14)13-10-7-6-8-11-13/h6-8,10-11H,2-3,5,9H2,1H3. The highest BCUT2D eigenvalue weighted by Crippen LogP contribution is 2.17. The SMILES string of the molecule is C=C=C(CCCC)S(=O)c1ccccc1. The van der Waals surface area contributed by atoms with Crippen molar-refractivity contribution >= 4 is 10.8 Å². The van der Waals surface area contributed by atoms with E-state index in [1.807, 2.05) is 30.3 Å². The molecule has 0 amide bonds. The number of allylic oxidation sites excluding steroid dienone is 1. The fourth-order valence-corrected chi connectivity index (χ4v) is 2.42. The zero-order valence-corrected chi connectivity index (χ0v) is 9.85. The Labute approximate surface area is 94.0 Å². The fraction of sp³-hybridized carbons (Fsp3) is 0.308. The summed E-state index contributed by atoms with van der Waals surface area (Å²) < 4.78 is 12.1. The summed E-state index contributed by atoms with van der Waals surface area (Å²) >= 11 is 0. The van der Waals surface area contributed by atoms with Gasteiger partial charge in [-0.2, -0.15) is 0 Å². The van der Waals surface area contributed by atoms with Gasteiger partial charge in [-0.05, 0) is 25.0 Å². The second-order valence-corrected chi connectivity index (χ2v) is 4.79. The van der Waals surface area contributed by atoms with Gasteiger partial charge >= 0.3 is 0 Å². The third-order valence-corrected chi connectivity index (χ3v) is 3.63. The van der Waals surface area contributed by atoms with E-state index in [0.717, 1.165) is 29.1 Å². The van der Waals surface area contributed by atoms with Gasteiger partial charge in [-0.15, -0.1) is 5.73 Å². The minimum Gasteiger partial charge on any atom is -0.249 e. The minimum atomic E-state index is -1.08. The van der Waals surface area contributed by atoms with Gasteiger partial charge in [-0.25, -0.2) is 4.21 Å². The molecule has 0 radical (unpaired) electrons. The smallest absolute Gasteiger partial charge is 0.0886 e. The molecule has 0 aliphatic carbocycles. The predicted molar refractivity (Wildman–Crippen MR) is 65.0 cm³/mol. The van der Waals surface area contributed by atoms with Crippen LogP contribution >= 0.6 is 0 Å². The molecular weight excluding hydrogens is 204 g/mol. The lowest BCUT2D eigenvalue weighted by Gasteiger charge is -2.03. The second kappa shape index (κ2) is 6.39. The summed E-state index contributed by atoms with van der Waals surface area (Å²) in [6.07, 6.45) is 2.95. The lowest BCUT2D eigenvalue weighted by atomic mass is 10.2. The Hall–Kier alpha value is -1.11. The van der Waals surface area contributed by atoms with E-state index in [2.05, 4.69) is 19.2 Å². The summed E-state index contributed by atoms with van der Waals surface area (Å²) in [4.78, 5) is 1.64. The Morgan fingerprint density at radius 1 is 1.40 bits per heavy atom. The van der Waals surface area contributed by atoms with Crippen LogP contribution in [0.25, 0.3) is 0 Å². The average Bonchev–Trinajstić information content (AvgIpc) is 2.31. The summed E-state index contributed by atoms with van der Waals surface area (Å²) in [5, 5.41) is 0. The van der Waals surface area contributed by atoms with Crippen LogP contribution in [0.3, 0.4) is 0 Å². The molecule has 1 aromatic carbocycles. The van der Waals surface area contributed by atoms with Gasteiger partial charge in [0.15, 0.2) is 0 Å². The van der Waals surface area contributed by atoms with Gasteiger partial charge < -0.3 is 0 Å². The first-order valence-corrected chi connectivity index (χ1v) is 6.30. The first-order valence-electron chi connectivity index (χ1n) is 5.15. The molecule has 1 rings (SSSR count). The highest BCUT2D eigenvalue weighted by atomic mass is 32.2. The van der Waals surface area contributed by atoms with E-state index in [1.165, 1.54) is 0 Å². The average molecular weight is 220 g/mol. The van der Waals surface area contributed by atoms with E-state index in [4.69, 9.17) is 0 Å². The van der Waals surface area contributed by atoms with Gasteiger partial charge in [-0.3, -0.25) is 0 Å². The van der Waals surface area contributed by atoms with E-state index in [1.54, 1.807) is 0 Å². The predicted octanol–water partition coefficient (Wildman–Crippen LogP) is 3.65. The molecule has 0 bridgehead atoms. The number of hydrogen-bond acceptors (Lipinski definition) is 1. The molecule has 0 spiro atoms. The maximum atomic E-state index is 12.1. The fourth-order valence-electron chi connectivity index (χ4n) is 1.27. The van der Waals surface area contributed by atoms with Crippen LogP contribution in [0.4, 0.5) is 0 Å². The topological polar surface area (TPSA) is 17.1 Å². The molecular formula is C13H16OS. The van der Waals surface area contributed by atoms with Crippen molar-refractivity contribution < 1.29 is 4.21 Å². The molecule has 0 aliphatic heterocycles. The first-order chi connectivity index (χ1) is 7.29. The highest BCUT2D eigenvalue weighted by molar-refractivity contribution is 7.89. The van der Waals surface area contributed by atoms with Gasteiger partial charge in [0.25, 0.3) is 0 Å². The number of unbranched alkanes of at least 4 members (excludes halogenated alkanes) is 1. The molecule has 15 heavy (non-hydrogen) atoms.